The van der Waals surface area contributed by atoms with E-state index >= 15 is 0 Å². The van der Waals surface area contributed by atoms with Crippen LogP contribution in [0.3, 0.4) is 0 Å². The standard InChI is InChI=1S/C17H21N3O2/c1-4-12-7-13(16(22)8-15(12)21)17-14(9-18-19-17)20-10(2)5-6-11(20)3/h5,7-9,11,21-22H,4,6H2,1-3H3,(H,18,19). The van der Waals surface area contributed by atoms with E-state index in [2.05, 4.69) is 35.0 Å². The second-order valence-electron chi connectivity index (χ2n) is 5.77. The van der Waals surface area contributed by atoms with Crippen LogP contribution in [0.15, 0.2) is 30.1 Å². The lowest BCUT2D eigenvalue weighted by atomic mass is 10.0. The van der Waals surface area contributed by atoms with E-state index in [9.17, 15) is 10.2 Å². The highest BCUT2D eigenvalue weighted by Gasteiger charge is 2.26. The number of hydrogen-bond acceptors (Lipinski definition) is 4. The maximum atomic E-state index is 10.2. The zero-order valence-corrected chi connectivity index (χ0v) is 13.1. The van der Waals surface area contributed by atoms with Gasteiger partial charge < -0.3 is 15.1 Å². The predicted octanol–water partition coefficient (Wildman–Crippen LogP) is 3.55. The van der Waals surface area contributed by atoms with Gasteiger partial charge in [0.15, 0.2) is 0 Å². The summed E-state index contributed by atoms with van der Waals surface area (Å²) >= 11 is 0. The lowest BCUT2D eigenvalue weighted by Crippen LogP contribution is -2.26. The molecule has 3 rings (SSSR count). The molecule has 1 unspecified atom stereocenters. The van der Waals surface area contributed by atoms with E-state index in [4.69, 9.17) is 0 Å². The molecule has 1 aliphatic rings. The first-order valence-corrected chi connectivity index (χ1v) is 7.58. The van der Waals surface area contributed by atoms with Gasteiger partial charge in [0.05, 0.1) is 5.69 Å². The van der Waals surface area contributed by atoms with Crippen LogP contribution in [0.5, 0.6) is 11.5 Å². The smallest absolute Gasteiger partial charge is 0.128 e. The number of phenolic OH excluding ortho intramolecular Hbond substituents is 2. The molecule has 0 saturated heterocycles. The average Bonchev–Trinajstić information content (AvgIpc) is 3.06. The molecule has 0 fully saturated rings. The minimum Gasteiger partial charge on any atom is -0.508 e. The monoisotopic (exact) mass is 299 g/mol. The Hall–Kier alpha value is -2.43. The van der Waals surface area contributed by atoms with Gasteiger partial charge in [-0.05, 0) is 38.3 Å². The van der Waals surface area contributed by atoms with Crippen LogP contribution in [0.4, 0.5) is 5.69 Å². The van der Waals surface area contributed by atoms with Crippen molar-refractivity contribution in [2.24, 2.45) is 0 Å². The maximum absolute atomic E-state index is 10.2. The molecule has 1 aromatic carbocycles. The van der Waals surface area contributed by atoms with Crippen molar-refractivity contribution in [3.63, 3.8) is 0 Å². The van der Waals surface area contributed by atoms with Crippen LogP contribution in [0.1, 0.15) is 32.8 Å². The Balaban J connectivity index is 2.12. The van der Waals surface area contributed by atoms with Crippen molar-refractivity contribution in [1.29, 1.82) is 0 Å². The summed E-state index contributed by atoms with van der Waals surface area (Å²) in [6.07, 6.45) is 5.75. The van der Waals surface area contributed by atoms with E-state index in [1.165, 1.54) is 11.8 Å². The number of rotatable bonds is 3. The summed E-state index contributed by atoms with van der Waals surface area (Å²) in [5.74, 6) is 0.156. The normalized spacial score (nSPS) is 17.9. The fourth-order valence-corrected chi connectivity index (χ4v) is 3.08. The van der Waals surface area contributed by atoms with Gasteiger partial charge in [0.2, 0.25) is 0 Å². The van der Waals surface area contributed by atoms with Gasteiger partial charge in [-0.3, -0.25) is 5.10 Å². The highest BCUT2D eigenvalue weighted by atomic mass is 16.3. The zero-order valence-electron chi connectivity index (χ0n) is 13.1. The van der Waals surface area contributed by atoms with Crippen LogP contribution in [0.25, 0.3) is 11.3 Å². The van der Waals surface area contributed by atoms with Crippen LogP contribution >= 0.6 is 0 Å². The van der Waals surface area contributed by atoms with Crippen molar-refractivity contribution in [1.82, 2.24) is 10.2 Å². The number of nitrogens with one attached hydrogen (secondary N) is 1. The molecule has 2 heterocycles. The third-order valence-electron chi connectivity index (χ3n) is 4.29. The highest BCUT2D eigenvalue weighted by molar-refractivity contribution is 5.81. The predicted molar refractivity (Wildman–Crippen MR) is 87.0 cm³/mol. The molecule has 0 spiro atoms. The molecule has 5 heteroatoms. The number of H-pyrrole nitrogens is 1. The quantitative estimate of drug-likeness (QED) is 0.810. The Morgan fingerprint density at radius 3 is 2.73 bits per heavy atom. The van der Waals surface area contributed by atoms with Gasteiger partial charge in [-0.15, -0.1) is 0 Å². The Morgan fingerprint density at radius 2 is 2.09 bits per heavy atom. The lowest BCUT2D eigenvalue weighted by Gasteiger charge is -2.26. The molecule has 1 aliphatic heterocycles. The molecule has 5 nitrogen and oxygen atoms in total. The van der Waals surface area contributed by atoms with Crippen molar-refractivity contribution in [3.05, 3.63) is 35.7 Å². The molecule has 0 radical (unpaired) electrons. The molecule has 3 N–H and O–H groups in total. The fraction of sp³-hybridized carbons (Fsp3) is 0.353. The number of benzene rings is 1. The molecule has 0 saturated carbocycles. The third kappa shape index (κ3) is 2.22. The second-order valence-corrected chi connectivity index (χ2v) is 5.77. The highest BCUT2D eigenvalue weighted by Crippen LogP contribution is 2.41. The first-order chi connectivity index (χ1) is 10.5. The number of aromatic hydroxyl groups is 2. The maximum Gasteiger partial charge on any atom is 0.128 e. The number of phenols is 2. The van der Waals surface area contributed by atoms with Gasteiger partial charge in [-0.2, -0.15) is 5.10 Å². The first-order valence-electron chi connectivity index (χ1n) is 7.58. The van der Waals surface area contributed by atoms with Crippen molar-refractivity contribution in [2.45, 2.75) is 39.7 Å². The number of aromatic amines is 1. The molecule has 0 aliphatic carbocycles. The summed E-state index contributed by atoms with van der Waals surface area (Å²) in [6, 6.07) is 3.56. The van der Waals surface area contributed by atoms with Crippen LogP contribution in [0, 0.1) is 0 Å². The van der Waals surface area contributed by atoms with Gasteiger partial charge in [0, 0.05) is 29.6 Å². The summed E-state index contributed by atoms with van der Waals surface area (Å²) in [5, 5.41) is 27.3. The summed E-state index contributed by atoms with van der Waals surface area (Å²) in [7, 11) is 0. The Morgan fingerprint density at radius 1 is 1.32 bits per heavy atom. The van der Waals surface area contributed by atoms with Crippen LogP contribution < -0.4 is 4.90 Å². The topological polar surface area (TPSA) is 72.4 Å². The molecule has 116 valence electrons. The number of hydrogen-bond donors (Lipinski definition) is 3. The van der Waals surface area contributed by atoms with Crippen LogP contribution in [-0.2, 0) is 6.42 Å². The van der Waals surface area contributed by atoms with Gasteiger partial charge in [-0.25, -0.2) is 0 Å². The van der Waals surface area contributed by atoms with Crippen molar-refractivity contribution in [2.75, 3.05) is 4.90 Å². The minimum atomic E-state index is 0.0385. The molecule has 2 aromatic rings. The molecule has 0 bridgehead atoms. The van der Waals surface area contributed by atoms with E-state index in [-0.39, 0.29) is 11.5 Å². The van der Waals surface area contributed by atoms with Gasteiger partial charge >= 0.3 is 0 Å². The van der Waals surface area contributed by atoms with Crippen molar-refractivity contribution in [3.8, 4) is 22.8 Å². The number of aryl methyl sites for hydroxylation is 1. The van der Waals surface area contributed by atoms with Crippen molar-refractivity contribution < 1.29 is 10.2 Å². The number of nitrogens with zero attached hydrogens (tertiary/aromatic N) is 2. The van der Waals surface area contributed by atoms with E-state index < -0.39 is 0 Å². The Kier molecular flexibility index (Phi) is 3.56. The molecular formula is C17H21N3O2. The second kappa shape index (κ2) is 5.40. The molecule has 1 atom stereocenters. The molecule has 0 amide bonds. The number of allylic oxidation sites excluding steroid dienone is 1. The summed E-state index contributed by atoms with van der Waals surface area (Å²) in [6.45, 7) is 6.21. The average molecular weight is 299 g/mol. The third-order valence-corrected chi connectivity index (χ3v) is 4.29. The SMILES string of the molecule is CCc1cc(-c2n[nH]cc2N2C(C)=CCC2C)c(O)cc1O. The number of aromatic nitrogens is 2. The van der Waals surface area contributed by atoms with E-state index in [1.54, 1.807) is 0 Å². The van der Waals surface area contributed by atoms with Crippen LogP contribution in [-0.4, -0.2) is 26.5 Å². The van der Waals surface area contributed by atoms with Gasteiger partial charge in [0.25, 0.3) is 0 Å². The fourth-order valence-electron chi connectivity index (χ4n) is 3.08. The van der Waals surface area contributed by atoms with Crippen LogP contribution in [0.2, 0.25) is 0 Å². The molecule has 22 heavy (non-hydrogen) atoms. The summed E-state index contributed by atoms with van der Waals surface area (Å²) < 4.78 is 0. The Bertz CT molecular complexity index is 734. The first kappa shape index (κ1) is 14.5. The Labute approximate surface area is 129 Å². The number of anilines is 1. The van der Waals surface area contributed by atoms with Gasteiger partial charge in [-0.1, -0.05) is 13.0 Å². The van der Waals surface area contributed by atoms with E-state index in [1.807, 2.05) is 19.2 Å². The molecular weight excluding hydrogens is 278 g/mol. The summed E-state index contributed by atoms with van der Waals surface area (Å²) in [4.78, 5) is 2.22. The van der Waals surface area contributed by atoms with Crippen molar-refractivity contribution >= 4 is 5.69 Å². The zero-order chi connectivity index (χ0) is 15.9. The summed E-state index contributed by atoms with van der Waals surface area (Å²) in [5.41, 5.74) is 4.26. The lowest BCUT2D eigenvalue weighted by molar-refractivity contribution is 0.447. The van der Waals surface area contributed by atoms with Gasteiger partial charge in [0.1, 0.15) is 17.2 Å². The molecule has 1 aromatic heterocycles. The largest absolute Gasteiger partial charge is 0.508 e. The van der Waals surface area contributed by atoms with E-state index in [0.717, 1.165) is 17.7 Å². The minimum absolute atomic E-state index is 0.0385. The van der Waals surface area contributed by atoms with E-state index in [0.29, 0.717) is 23.7 Å².